The molecule has 19 heavy (non-hydrogen) atoms. The van der Waals surface area contributed by atoms with E-state index in [-0.39, 0.29) is 12.2 Å². The fraction of sp³-hybridized carbons (Fsp3) is 0.417. The Morgan fingerprint density at radius 1 is 1.53 bits per heavy atom. The first-order valence-corrected chi connectivity index (χ1v) is 5.64. The lowest BCUT2D eigenvalue weighted by molar-refractivity contribution is -0.385. The molecule has 0 atom stereocenters. The molecular weight excluding hydrogens is 255 g/mol. The molecule has 1 aromatic rings. The van der Waals surface area contributed by atoms with Gasteiger partial charge in [-0.15, -0.1) is 0 Å². The van der Waals surface area contributed by atoms with E-state index < -0.39 is 27.9 Å². The van der Waals surface area contributed by atoms with Crippen LogP contribution in [-0.4, -0.2) is 28.1 Å². The predicted octanol–water partition coefficient (Wildman–Crippen LogP) is 1.62. The quantitative estimate of drug-likeness (QED) is 0.628. The summed E-state index contributed by atoms with van der Waals surface area (Å²) < 4.78 is 13.0. The molecule has 6 nitrogen and oxygen atoms in total. The predicted molar refractivity (Wildman–Crippen MR) is 66.3 cm³/mol. The van der Waals surface area contributed by atoms with Crippen LogP contribution >= 0.6 is 0 Å². The third-order valence-electron chi connectivity index (χ3n) is 2.59. The van der Waals surface area contributed by atoms with E-state index in [0.29, 0.717) is 12.5 Å². The molecule has 1 amide bonds. The van der Waals surface area contributed by atoms with Gasteiger partial charge in [0, 0.05) is 12.1 Å². The number of nitro benzene ring substituents is 1. The Labute approximate surface area is 109 Å². The molecule has 2 N–H and O–H groups in total. The minimum Gasteiger partial charge on any atom is -0.396 e. The number of amides is 1. The van der Waals surface area contributed by atoms with Crippen molar-refractivity contribution < 1.29 is 19.2 Å². The molecule has 1 aromatic carbocycles. The molecule has 0 fully saturated rings. The topological polar surface area (TPSA) is 92.5 Å². The Bertz CT molecular complexity index is 503. The highest BCUT2D eigenvalue weighted by Gasteiger charge is 2.26. The molecule has 0 saturated carbocycles. The van der Waals surface area contributed by atoms with Crippen LogP contribution in [0.1, 0.15) is 30.6 Å². The number of halogens is 1. The Morgan fingerprint density at radius 3 is 2.68 bits per heavy atom. The highest BCUT2D eigenvalue weighted by Crippen LogP contribution is 2.21. The Balaban J connectivity index is 3.03. The molecule has 0 aromatic heterocycles. The number of nitro groups is 1. The third-order valence-corrected chi connectivity index (χ3v) is 2.59. The van der Waals surface area contributed by atoms with Gasteiger partial charge in [-0.2, -0.15) is 0 Å². The molecule has 0 unspecified atom stereocenters. The van der Waals surface area contributed by atoms with Crippen molar-refractivity contribution in [1.29, 1.82) is 0 Å². The number of rotatable bonds is 5. The van der Waals surface area contributed by atoms with E-state index in [9.17, 15) is 19.3 Å². The first-order chi connectivity index (χ1) is 8.76. The number of hydrogen-bond donors (Lipinski definition) is 2. The SMILES string of the molecule is CC(C)(CCO)NC(=O)c1ccc(F)cc1[N+](=O)[O-]. The largest absolute Gasteiger partial charge is 0.396 e. The minimum atomic E-state index is -0.808. The van der Waals surface area contributed by atoms with Crippen LogP contribution in [0.5, 0.6) is 0 Å². The average Bonchev–Trinajstić information content (AvgIpc) is 2.27. The highest BCUT2D eigenvalue weighted by atomic mass is 19.1. The first-order valence-electron chi connectivity index (χ1n) is 5.64. The number of nitrogens with zero attached hydrogens (tertiary/aromatic N) is 1. The molecule has 0 aliphatic heterocycles. The monoisotopic (exact) mass is 270 g/mol. The van der Waals surface area contributed by atoms with E-state index in [1.807, 2.05) is 0 Å². The highest BCUT2D eigenvalue weighted by molar-refractivity contribution is 5.98. The van der Waals surface area contributed by atoms with Gasteiger partial charge in [0.1, 0.15) is 11.4 Å². The number of carbonyl (C=O) groups is 1. The average molecular weight is 270 g/mol. The van der Waals surface area contributed by atoms with Crippen molar-refractivity contribution in [2.45, 2.75) is 25.8 Å². The second-order valence-corrected chi connectivity index (χ2v) is 4.73. The maximum absolute atomic E-state index is 13.0. The Kier molecular flexibility index (Phi) is 4.55. The maximum Gasteiger partial charge on any atom is 0.285 e. The first kappa shape index (κ1) is 15.0. The molecule has 7 heteroatoms. The van der Waals surface area contributed by atoms with E-state index in [1.54, 1.807) is 13.8 Å². The molecule has 0 radical (unpaired) electrons. The van der Waals surface area contributed by atoms with Crippen molar-refractivity contribution in [3.8, 4) is 0 Å². The van der Waals surface area contributed by atoms with E-state index >= 15 is 0 Å². The van der Waals surface area contributed by atoms with Crippen molar-refractivity contribution >= 4 is 11.6 Å². The van der Waals surface area contributed by atoms with Gasteiger partial charge < -0.3 is 10.4 Å². The molecule has 0 heterocycles. The summed E-state index contributed by atoms with van der Waals surface area (Å²) in [7, 11) is 0. The van der Waals surface area contributed by atoms with E-state index in [0.717, 1.165) is 12.1 Å². The number of aliphatic hydroxyl groups excluding tert-OH is 1. The van der Waals surface area contributed by atoms with Crippen molar-refractivity contribution in [3.05, 3.63) is 39.7 Å². The number of nitrogens with one attached hydrogen (secondary N) is 1. The fourth-order valence-corrected chi connectivity index (χ4v) is 1.56. The summed E-state index contributed by atoms with van der Waals surface area (Å²) in [6.07, 6.45) is 0.299. The smallest absolute Gasteiger partial charge is 0.285 e. The van der Waals surface area contributed by atoms with Gasteiger partial charge in [0.2, 0.25) is 0 Å². The number of carbonyl (C=O) groups excluding carboxylic acids is 1. The third kappa shape index (κ3) is 3.99. The van der Waals surface area contributed by atoms with E-state index in [1.165, 1.54) is 0 Å². The summed E-state index contributed by atoms with van der Waals surface area (Å²) in [5.74, 6) is -1.46. The second kappa shape index (κ2) is 5.75. The summed E-state index contributed by atoms with van der Waals surface area (Å²) in [6.45, 7) is 3.23. The van der Waals surface area contributed by atoms with Crippen LogP contribution in [0.2, 0.25) is 0 Å². The second-order valence-electron chi connectivity index (χ2n) is 4.73. The zero-order valence-electron chi connectivity index (χ0n) is 10.6. The van der Waals surface area contributed by atoms with Gasteiger partial charge in [-0.3, -0.25) is 14.9 Å². The van der Waals surface area contributed by atoms with Gasteiger partial charge in [0.15, 0.2) is 0 Å². The van der Waals surface area contributed by atoms with Gasteiger partial charge in [-0.05, 0) is 32.4 Å². The van der Waals surface area contributed by atoms with Crippen molar-refractivity contribution in [2.24, 2.45) is 0 Å². The molecule has 0 spiro atoms. The van der Waals surface area contributed by atoms with E-state index in [4.69, 9.17) is 5.11 Å². The molecule has 0 saturated heterocycles. The van der Waals surface area contributed by atoms with Crippen molar-refractivity contribution in [3.63, 3.8) is 0 Å². The van der Waals surface area contributed by atoms with Crippen LogP contribution in [-0.2, 0) is 0 Å². The standard InChI is InChI=1S/C12H15FN2O4/c1-12(2,5-6-16)14-11(17)9-4-3-8(13)7-10(9)15(18)19/h3-4,7,16H,5-6H2,1-2H3,(H,14,17). The summed E-state index contributed by atoms with van der Waals surface area (Å²) >= 11 is 0. The zero-order chi connectivity index (χ0) is 14.6. The molecule has 1 rings (SSSR count). The lowest BCUT2D eigenvalue weighted by Gasteiger charge is -2.25. The lowest BCUT2D eigenvalue weighted by Crippen LogP contribution is -2.44. The molecule has 0 aliphatic carbocycles. The molecular formula is C12H15FN2O4. The summed E-state index contributed by atoms with van der Waals surface area (Å²) in [5.41, 5.74) is -1.51. The number of aliphatic hydroxyl groups is 1. The molecule has 104 valence electrons. The van der Waals surface area contributed by atoms with Crippen molar-refractivity contribution in [2.75, 3.05) is 6.61 Å². The summed E-state index contributed by atoms with van der Waals surface area (Å²) in [4.78, 5) is 21.9. The summed E-state index contributed by atoms with van der Waals surface area (Å²) in [6, 6.07) is 2.76. The van der Waals surface area contributed by atoms with Gasteiger partial charge in [0.25, 0.3) is 11.6 Å². The van der Waals surface area contributed by atoms with Crippen LogP contribution in [0.4, 0.5) is 10.1 Å². The van der Waals surface area contributed by atoms with E-state index in [2.05, 4.69) is 5.32 Å². The van der Waals surface area contributed by atoms with Crippen LogP contribution in [0.15, 0.2) is 18.2 Å². The maximum atomic E-state index is 13.0. The van der Waals surface area contributed by atoms with Crippen LogP contribution < -0.4 is 5.32 Å². The molecule has 0 aliphatic rings. The van der Waals surface area contributed by atoms with Gasteiger partial charge in [0.05, 0.1) is 11.0 Å². The minimum absolute atomic E-state index is 0.126. The van der Waals surface area contributed by atoms with Gasteiger partial charge in [-0.25, -0.2) is 4.39 Å². The number of benzene rings is 1. The van der Waals surface area contributed by atoms with Crippen LogP contribution in [0.3, 0.4) is 0 Å². The number of hydrogen-bond acceptors (Lipinski definition) is 4. The normalized spacial score (nSPS) is 11.2. The van der Waals surface area contributed by atoms with Crippen LogP contribution in [0.25, 0.3) is 0 Å². The van der Waals surface area contributed by atoms with Gasteiger partial charge in [-0.1, -0.05) is 0 Å². The molecule has 0 bridgehead atoms. The Morgan fingerprint density at radius 2 is 2.16 bits per heavy atom. The zero-order valence-corrected chi connectivity index (χ0v) is 10.6. The lowest BCUT2D eigenvalue weighted by atomic mass is 10.0. The Hall–Kier alpha value is -2.02. The van der Waals surface area contributed by atoms with Crippen LogP contribution in [0, 0.1) is 15.9 Å². The van der Waals surface area contributed by atoms with Gasteiger partial charge >= 0.3 is 0 Å². The summed E-state index contributed by atoms with van der Waals surface area (Å²) in [5, 5.41) is 22.2. The fourth-order valence-electron chi connectivity index (χ4n) is 1.56. The van der Waals surface area contributed by atoms with Crippen molar-refractivity contribution in [1.82, 2.24) is 5.32 Å².